The molecule has 0 aliphatic rings. The van der Waals surface area contributed by atoms with Crippen LogP contribution in [0.15, 0.2) is 60.9 Å². The normalized spacial score (nSPS) is 10.3. The number of nitrogens with one attached hydrogen (secondary N) is 2. The summed E-state index contributed by atoms with van der Waals surface area (Å²) in [6.45, 7) is 2.87. The third kappa shape index (κ3) is 5.07. The van der Waals surface area contributed by atoms with Gasteiger partial charge in [-0.3, -0.25) is 4.79 Å². The lowest BCUT2D eigenvalue weighted by molar-refractivity contribution is -0.123. The summed E-state index contributed by atoms with van der Waals surface area (Å²) in [5.74, 6) is 2.71. The number of para-hydroxylation sites is 1. The summed E-state index contributed by atoms with van der Waals surface area (Å²) in [4.78, 5) is 20.6. The monoisotopic (exact) mass is 351 g/mol. The summed E-state index contributed by atoms with van der Waals surface area (Å²) >= 11 is 0. The molecule has 3 aromatic rings. The van der Waals surface area contributed by atoms with Gasteiger partial charge in [0.25, 0.3) is 5.91 Å². The van der Waals surface area contributed by atoms with Crippen molar-refractivity contribution in [1.82, 2.24) is 19.9 Å². The van der Waals surface area contributed by atoms with E-state index in [0.29, 0.717) is 24.7 Å². The van der Waals surface area contributed by atoms with E-state index in [4.69, 9.17) is 4.74 Å². The van der Waals surface area contributed by atoms with Gasteiger partial charge >= 0.3 is 0 Å². The van der Waals surface area contributed by atoms with Gasteiger partial charge in [-0.2, -0.15) is 0 Å². The molecule has 0 atom stereocenters. The van der Waals surface area contributed by atoms with Crippen molar-refractivity contribution in [2.75, 3.05) is 25.0 Å². The number of carbonyl (C=O) groups is 1. The van der Waals surface area contributed by atoms with Crippen molar-refractivity contribution in [3.63, 3.8) is 0 Å². The zero-order valence-corrected chi connectivity index (χ0v) is 14.6. The molecule has 0 radical (unpaired) electrons. The Bertz CT molecular complexity index is 834. The van der Waals surface area contributed by atoms with Gasteiger partial charge in [-0.05, 0) is 31.2 Å². The second-order valence-electron chi connectivity index (χ2n) is 5.63. The largest absolute Gasteiger partial charge is 0.484 e. The first kappa shape index (κ1) is 17.5. The van der Waals surface area contributed by atoms with Gasteiger partial charge in [0.1, 0.15) is 23.2 Å². The summed E-state index contributed by atoms with van der Waals surface area (Å²) < 4.78 is 7.32. The van der Waals surface area contributed by atoms with Crippen LogP contribution in [0.5, 0.6) is 5.75 Å². The molecule has 1 amide bonds. The SMILES string of the molecule is Cc1nc(NCCNC(=O)COc2ccccc2)cc(-n2cccc2)n1. The van der Waals surface area contributed by atoms with E-state index in [1.54, 1.807) is 0 Å². The molecule has 1 aromatic carbocycles. The van der Waals surface area contributed by atoms with Gasteiger partial charge in [0, 0.05) is 31.5 Å². The van der Waals surface area contributed by atoms with E-state index in [9.17, 15) is 4.79 Å². The minimum absolute atomic E-state index is 0.00555. The minimum Gasteiger partial charge on any atom is -0.484 e. The summed E-state index contributed by atoms with van der Waals surface area (Å²) in [7, 11) is 0. The third-order valence-electron chi connectivity index (χ3n) is 3.56. The number of nitrogens with zero attached hydrogens (tertiary/aromatic N) is 3. The maximum atomic E-state index is 11.8. The van der Waals surface area contributed by atoms with Crippen LogP contribution in [0.4, 0.5) is 5.82 Å². The van der Waals surface area contributed by atoms with Crippen LogP contribution in [0.25, 0.3) is 5.82 Å². The average molecular weight is 351 g/mol. The van der Waals surface area contributed by atoms with Crippen LogP contribution in [0.3, 0.4) is 0 Å². The smallest absolute Gasteiger partial charge is 0.258 e. The van der Waals surface area contributed by atoms with Gasteiger partial charge < -0.3 is 19.9 Å². The molecule has 0 fully saturated rings. The first-order valence-corrected chi connectivity index (χ1v) is 8.38. The van der Waals surface area contributed by atoms with Gasteiger partial charge in [-0.15, -0.1) is 0 Å². The second-order valence-corrected chi connectivity index (χ2v) is 5.63. The van der Waals surface area contributed by atoms with Gasteiger partial charge in [-0.25, -0.2) is 9.97 Å². The predicted octanol–water partition coefficient (Wildman–Crippen LogP) is 2.18. The van der Waals surface area contributed by atoms with E-state index in [2.05, 4.69) is 20.6 Å². The Hall–Kier alpha value is -3.35. The highest BCUT2D eigenvalue weighted by Crippen LogP contribution is 2.11. The van der Waals surface area contributed by atoms with Crippen molar-refractivity contribution < 1.29 is 9.53 Å². The Labute approximate surface area is 152 Å². The molecule has 0 saturated carbocycles. The molecule has 7 nitrogen and oxygen atoms in total. The molecule has 0 unspecified atom stereocenters. The number of carbonyl (C=O) groups excluding carboxylic acids is 1. The zero-order valence-electron chi connectivity index (χ0n) is 14.6. The van der Waals surface area contributed by atoms with Crippen LogP contribution in [-0.2, 0) is 4.79 Å². The first-order valence-electron chi connectivity index (χ1n) is 8.38. The van der Waals surface area contributed by atoms with E-state index in [1.807, 2.05) is 72.4 Å². The van der Waals surface area contributed by atoms with Crippen molar-refractivity contribution in [3.05, 3.63) is 66.7 Å². The number of aromatic nitrogens is 3. The standard InChI is InChI=1S/C19H21N5O2/c1-15-22-17(13-18(23-15)24-11-5-6-12-24)20-9-10-21-19(25)14-26-16-7-3-2-4-8-16/h2-8,11-13H,9-10,14H2,1H3,(H,21,25)(H,20,22,23). The van der Waals surface area contributed by atoms with Gasteiger partial charge in [0.2, 0.25) is 0 Å². The van der Waals surface area contributed by atoms with Crippen molar-refractivity contribution in [2.24, 2.45) is 0 Å². The second kappa shape index (κ2) is 8.66. The maximum Gasteiger partial charge on any atom is 0.258 e. The van der Waals surface area contributed by atoms with E-state index in [1.165, 1.54) is 0 Å². The molecular weight excluding hydrogens is 330 g/mol. The first-order chi connectivity index (χ1) is 12.7. The quantitative estimate of drug-likeness (QED) is 0.608. The zero-order chi connectivity index (χ0) is 18.2. The fourth-order valence-corrected chi connectivity index (χ4v) is 2.37. The van der Waals surface area contributed by atoms with Crippen molar-refractivity contribution in [2.45, 2.75) is 6.92 Å². The fourth-order valence-electron chi connectivity index (χ4n) is 2.37. The van der Waals surface area contributed by atoms with Crippen LogP contribution >= 0.6 is 0 Å². The van der Waals surface area contributed by atoms with E-state index in [0.717, 1.165) is 11.6 Å². The van der Waals surface area contributed by atoms with Crippen LogP contribution in [0.1, 0.15) is 5.82 Å². The number of amides is 1. The van der Waals surface area contributed by atoms with E-state index in [-0.39, 0.29) is 12.5 Å². The number of rotatable bonds is 8. The van der Waals surface area contributed by atoms with Gasteiger partial charge in [0.15, 0.2) is 6.61 Å². The topological polar surface area (TPSA) is 81.1 Å². The van der Waals surface area contributed by atoms with Crippen molar-refractivity contribution >= 4 is 11.7 Å². The summed E-state index contributed by atoms with van der Waals surface area (Å²) in [5.41, 5.74) is 0. The molecular formula is C19H21N5O2. The van der Waals surface area contributed by atoms with Crippen molar-refractivity contribution in [3.8, 4) is 11.6 Å². The number of anilines is 1. The lowest BCUT2D eigenvalue weighted by Crippen LogP contribution is -2.32. The number of benzene rings is 1. The number of ether oxygens (including phenoxy) is 1. The van der Waals surface area contributed by atoms with E-state index >= 15 is 0 Å². The molecule has 2 aromatic heterocycles. The number of aryl methyl sites for hydroxylation is 1. The Kier molecular flexibility index (Phi) is 5.82. The molecule has 7 heteroatoms. The Morgan fingerprint density at radius 2 is 1.85 bits per heavy atom. The summed E-state index contributed by atoms with van der Waals surface area (Å²) in [6, 6.07) is 15.0. The molecule has 134 valence electrons. The number of hydrogen-bond donors (Lipinski definition) is 2. The summed E-state index contributed by atoms with van der Waals surface area (Å²) in [6.07, 6.45) is 3.86. The molecule has 2 N–H and O–H groups in total. The molecule has 0 bridgehead atoms. The lowest BCUT2D eigenvalue weighted by atomic mass is 10.3. The highest BCUT2D eigenvalue weighted by atomic mass is 16.5. The van der Waals surface area contributed by atoms with Crippen LogP contribution in [0, 0.1) is 6.92 Å². The molecule has 2 heterocycles. The highest BCUT2D eigenvalue weighted by Gasteiger charge is 2.04. The lowest BCUT2D eigenvalue weighted by Gasteiger charge is -2.10. The Morgan fingerprint density at radius 3 is 2.62 bits per heavy atom. The average Bonchev–Trinajstić information content (AvgIpc) is 3.19. The minimum atomic E-state index is -0.164. The highest BCUT2D eigenvalue weighted by molar-refractivity contribution is 5.77. The molecule has 0 aliphatic carbocycles. The molecule has 3 rings (SSSR count). The Balaban J connectivity index is 1.43. The summed E-state index contributed by atoms with van der Waals surface area (Å²) in [5, 5.41) is 6.00. The van der Waals surface area contributed by atoms with Crippen molar-refractivity contribution in [1.29, 1.82) is 0 Å². The van der Waals surface area contributed by atoms with Crippen LogP contribution < -0.4 is 15.4 Å². The van der Waals surface area contributed by atoms with Gasteiger partial charge in [0.05, 0.1) is 0 Å². The maximum absolute atomic E-state index is 11.8. The van der Waals surface area contributed by atoms with E-state index < -0.39 is 0 Å². The number of hydrogen-bond acceptors (Lipinski definition) is 5. The van der Waals surface area contributed by atoms with Gasteiger partial charge in [-0.1, -0.05) is 18.2 Å². The predicted molar refractivity (Wildman–Crippen MR) is 99.5 cm³/mol. The van der Waals surface area contributed by atoms with Crippen LogP contribution in [0.2, 0.25) is 0 Å². The third-order valence-corrected chi connectivity index (χ3v) is 3.56. The molecule has 0 spiro atoms. The fraction of sp³-hybridized carbons (Fsp3) is 0.211. The molecule has 0 aliphatic heterocycles. The molecule has 26 heavy (non-hydrogen) atoms. The Morgan fingerprint density at radius 1 is 1.08 bits per heavy atom. The molecule has 0 saturated heterocycles. The van der Waals surface area contributed by atoms with Crippen LogP contribution in [-0.4, -0.2) is 40.1 Å².